The highest BCUT2D eigenvalue weighted by molar-refractivity contribution is 5.78. The maximum Gasteiger partial charge on any atom is 0.573 e. The molecule has 27 heavy (non-hydrogen) atoms. The van der Waals surface area contributed by atoms with Gasteiger partial charge in [0.15, 0.2) is 0 Å². The van der Waals surface area contributed by atoms with Gasteiger partial charge in [0.2, 0.25) is 5.91 Å². The number of carboxylic acids is 1. The van der Waals surface area contributed by atoms with E-state index in [0.29, 0.717) is 5.56 Å². The predicted octanol–water partition coefficient (Wildman–Crippen LogP) is 3.85. The summed E-state index contributed by atoms with van der Waals surface area (Å²) in [6.07, 6.45) is -5.21. The number of aliphatic carboxylic acids is 1. The maximum atomic E-state index is 12.4. The Morgan fingerprint density at radius 1 is 1.04 bits per heavy atom. The number of nitrogens with one attached hydrogen (secondary N) is 1. The van der Waals surface area contributed by atoms with Gasteiger partial charge in [-0.1, -0.05) is 48.5 Å². The van der Waals surface area contributed by atoms with Gasteiger partial charge in [-0.2, -0.15) is 0 Å². The van der Waals surface area contributed by atoms with Crippen molar-refractivity contribution in [2.45, 2.75) is 31.7 Å². The zero-order valence-corrected chi connectivity index (χ0v) is 14.2. The van der Waals surface area contributed by atoms with Gasteiger partial charge in [0.05, 0.1) is 12.5 Å². The number of benzene rings is 2. The summed E-state index contributed by atoms with van der Waals surface area (Å²) >= 11 is 0. The lowest BCUT2D eigenvalue weighted by Gasteiger charge is -2.18. The monoisotopic (exact) mass is 381 g/mol. The molecule has 1 amide bonds. The third kappa shape index (κ3) is 7.01. The molecule has 8 heteroatoms. The molecule has 0 fully saturated rings. The topological polar surface area (TPSA) is 75.6 Å². The SMILES string of the molecule is O=C(O)CC(NC(=O)CCc1ccccc1OC(F)(F)F)c1ccccc1. The lowest BCUT2D eigenvalue weighted by Crippen LogP contribution is -2.30. The van der Waals surface area contributed by atoms with E-state index in [0.717, 1.165) is 0 Å². The van der Waals surface area contributed by atoms with E-state index in [-0.39, 0.29) is 30.6 Å². The van der Waals surface area contributed by atoms with E-state index in [4.69, 9.17) is 5.11 Å². The summed E-state index contributed by atoms with van der Waals surface area (Å²) in [5, 5.41) is 11.7. The van der Waals surface area contributed by atoms with Gasteiger partial charge in [0, 0.05) is 6.42 Å². The minimum absolute atomic E-state index is 0.0205. The highest BCUT2D eigenvalue weighted by Crippen LogP contribution is 2.27. The largest absolute Gasteiger partial charge is 0.573 e. The zero-order valence-electron chi connectivity index (χ0n) is 14.2. The van der Waals surface area contributed by atoms with Gasteiger partial charge in [-0.25, -0.2) is 0 Å². The van der Waals surface area contributed by atoms with E-state index < -0.39 is 24.3 Å². The van der Waals surface area contributed by atoms with Crippen LogP contribution in [0.3, 0.4) is 0 Å². The molecule has 1 unspecified atom stereocenters. The molecule has 0 saturated heterocycles. The smallest absolute Gasteiger partial charge is 0.481 e. The van der Waals surface area contributed by atoms with Crippen LogP contribution >= 0.6 is 0 Å². The van der Waals surface area contributed by atoms with Gasteiger partial charge in [0.25, 0.3) is 0 Å². The highest BCUT2D eigenvalue weighted by Gasteiger charge is 2.32. The summed E-state index contributed by atoms with van der Waals surface area (Å²) in [7, 11) is 0. The number of para-hydroxylation sites is 1. The van der Waals surface area contributed by atoms with Crippen LogP contribution in [0.25, 0.3) is 0 Å². The Kier molecular flexibility index (Phi) is 6.81. The molecule has 0 heterocycles. The van der Waals surface area contributed by atoms with Crippen LogP contribution in [0.4, 0.5) is 13.2 Å². The second kappa shape index (κ2) is 9.07. The predicted molar refractivity (Wildman–Crippen MR) is 91.0 cm³/mol. The van der Waals surface area contributed by atoms with Gasteiger partial charge < -0.3 is 15.2 Å². The molecule has 144 valence electrons. The second-order valence-electron chi connectivity index (χ2n) is 5.78. The standard InChI is InChI=1S/C19H18F3NO4/c20-19(21,22)27-16-9-5-4-8-14(16)10-11-17(24)23-15(12-18(25)26)13-6-2-1-3-7-13/h1-9,15H,10-12H2,(H,23,24)(H,25,26). The van der Waals surface area contributed by atoms with Gasteiger partial charge >= 0.3 is 12.3 Å². The third-order valence-electron chi connectivity index (χ3n) is 3.74. The number of carbonyl (C=O) groups is 2. The first-order chi connectivity index (χ1) is 12.7. The molecule has 0 aliphatic carbocycles. The van der Waals surface area contributed by atoms with Crippen molar-refractivity contribution in [2.24, 2.45) is 0 Å². The number of amides is 1. The average molecular weight is 381 g/mol. The molecule has 0 aromatic heterocycles. The first kappa shape index (κ1) is 20.3. The fourth-order valence-corrected chi connectivity index (χ4v) is 2.56. The molecular formula is C19H18F3NO4. The summed E-state index contributed by atoms with van der Waals surface area (Å²) in [5.74, 6) is -1.90. The lowest BCUT2D eigenvalue weighted by atomic mass is 10.0. The van der Waals surface area contributed by atoms with Crippen LogP contribution in [-0.4, -0.2) is 23.3 Å². The van der Waals surface area contributed by atoms with Crippen LogP contribution in [0.2, 0.25) is 0 Å². The number of hydrogen-bond acceptors (Lipinski definition) is 3. The first-order valence-corrected chi connectivity index (χ1v) is 8.14. The van der Waals surface area contributed by atoms with Gasteiger partial charge in [0.1, 0.15) is 5.75 Å². The number of carbonyl (C=O) groups excluding carboxylic acids is 1. The number of aryl methyl sites for hydroxylation is 1. The first-order valence-electron chi connectivity index (χ1n) is 8.14. The fraction of sp³-hybridized carbons (Fsp3) is 0.263. The fourth-order valence-electron chi connectivity index (χ4n) is 2.56. The Morgan fingerprint density at radius 2 is 1.67 bits per heavy atom. The summed E-state index contributed by atoms with van der Waals surface area (Å²) < 4.78 is 41.3. The van der Waals surface area contributed by atoms with Crippen molar-refractivity contribution in [3.05, 3.63) is 65.7 Å². The van der Waals surface area contributed by atoms with Crippen molar-refractivity contribution in [1.29, 1.82) is 0 Å². The number of halogens is 3. The Morgan fingerprint density at radius 3 is 2.30 bits per heavy atom. The van der Waals surface area contributed by atoms with E-state index in [1.807, 2.05) is 0 Å². The van der Waals surface area contributed by atoms with Crippen LogP contribution in [-0.2, 0) is 16.0 Å². The van der Waals surface area contributed by atoms with E-state index in [1.54, 1.807) is 36.4 Å². The molecule has 2 rings (SSSR count). The molecule has 0 aliphatic rings. The van der Waals surface area contributed by atoms with Crippen LogP contribution in [0.15, 0.2) is 54.6 Å². The van der Waals surface area contributed by atoms with E-state index >= 15 is 0 Å². The summed E-state index contributed by atoms with van der Waals surface area (Å²) in [5.41, 5.74) is 0.869. The summed E-state index contributed by atoms with van der Waals surface area (Å²) in [6, 6.07) is 13.5. The van der Waals surface area contributed by atoms with E-state index in [1.165, 1.54) is 18.2 Å². The molecule has 2 aromatic rings. The number of rotatable bonds is 8. The van der Waals surface area contributed by atoms with Crippen LogP contribution < -0.4 is 10.1 Å². The molecule has 1 atom stereocenters. The van der Waals surface area contributed by atoms with Crippen molar-refractivity contribution in [1.82, 2.24) is 5.32 Å². The maximum absolute atomic E-state index is 12.4. The summed E-state index contributed by atoms with van der Waals surface area (Å²) in [6.45, 7) is 0. The van der Waals surface area contributed by atoms with Crippen molar-refractivity contribution in [3.8, 4) is 5.75 Å². The zero-order chi connectivity index (χ0) is 19.9. The molecule has 5 nitrogen and oxygen atoms in total. The molecule has 0 aliphatic heterocycles. The Bertz CT molecular complexity index is 778. The van der Waals surface area contributed by atoms with E-state index in [2.05, 4.69) is 10.1 Å². The number of alkyl halides is 3. The Labute approximate surface area is 153 Å². The molecule has 0 saturated carbocycles. The molecule has 2 N–H and O–H groups in total. The van der Waals surface area contributed by atoms with Crippen molar-refractivity contribution in [2.75, 3.05) is 0 Å². The molecule has 0 spiro atoms. The highest BCUT2D eigenvalue weighted by atomic mass is 19.4. The van der Waals surface area contributed by atoms with Crippen molar-refractivity contribution >= 4 is 11.9 Å². The number of ether oxygens (including phenoxy) is 1. The molecule has 2 aromatic carbocycles. The average Bonchev–Trinajstić information content (AvgIpc) is 2.59. The van der Waals surface area contributed by atoms with Crippen molar-refractivity contribution in [3.63, 3.8) is 0 Å². The number of hydrogen-bond donors (Lipinski definition) is 2. The normalized spacial score (nSPS) is 12.3. The van der Waals surface area contributed by atoms with Crippen molar-refractivity contribution < 1.29 is 32.6 Å². The quantitative estimate of drug-likeness (QED) is 0.728. The van der Waals surface area contributed by atoms with Gasteiger partial charge in [-0.15, -0.1) is 13.2 Å². The van der Waals surface area contributed by atoms with Gasteiger partial charge in [-0.05, 0) is 23.6 Å². The van der Waals surface area contributed by atoms with E-state index in [9.17, 15) is 22.8 Å². The minimum Gasteiger partial charge on any atom is -0.481 e. The third-order valence-corrected chi connectivity index (χ3v) is 3.74. The van der Waals surface area contributed by atoms with Crippen LogP contribution in [0.1, 0.15) is 30.0 Å². The molecule has 0 bridgehead atoms. The second-order valence-corrected chi connectivity index (χ2v) is 5.78. The lowest BCUT2D eigenvalue weighted by molar-refractivity contribution is -0.274. The number of carboxylic acid groups (broad SMARTS) is 1. The Balaban J connectivity index is 2.01. The summed E-state index contributed by atoms with van der Waals surface area (Å²) in [4.78, 5) is 23.3. The van der Waals surface area contributed by atoms with Crippen LogP contribution in [0.5, 0.6) is 5.75 Å². The minimum atomic E-state index is -4.82. The molecule has 0 radical (unpaired) electrons. The Hall–Kier alpha value is -3.03. The van der Waals surface area contributed by atoms with Gasteiger partial charge in [-0.3, -0.25) is 9.59 Å². The molecular weight excluding hydrogens is 363 g/mol. The van der Waals surface area contributed by atoms with Crippen LogP contribution in [0, 0.1) is 0 Å².